The Bertz CT molecular complexity index is 933. The minimum atomic E-state index is -0.588. The third-order valence-electron chi connectivity index (χ3n) is 3.16. The number of benzene rings is 1. The third kappa shape index (κ3) is 2.16. The van der Waals surface area contributed by atoms with E-state index in [1.54, 1.807) is 24.3 Å². The van der Waals surface area contributed by atoms with Crippen LogP contribution in [0.1, 0.15) is 25.9 Å². The zero-order valence-corrected chi connectivity index (χ0v) is 12.3. The van der Waals surface area contributed by atoms with Gasteiger partial charge in [0.15, 0.2) is 16.9 Å². The lowest BCUT2D eigenvalue weighted by Gasteiger charge is -1.95. The molecule has 0 spiro atoms. The van der Waals surface area contributed by atoms with Gasteiger partial charge in [-0.3, -0.25) is 9.36 Å². The molecule has 0 atom stereocenters. The van der Waals surface area contributed by atoms with Crippen LogP contribution in [-0.4, -0.2) is 28.4 Å². The van der Waals surface area contributed by atoms with E-state index in [0.29, 0.717) is 16.5 Å². The first-order chi connectivity index (χ1) is 10.7. The zero-order valence-electron chi connectivity index (χ0n) is 11.4. The van der Waals surface area contributed by atoms with Gasteiger partial charge in [-0.1, -0.05) is 18.2 Å². The Labute approximate surface area is 129 Å². The number of ether oxygens (including phenoxy) is 1. The Hall–Kier alpha value is -2.98. The second-order valence-electron chi connectivity index (χ2n) is 4.39. The van der Waals surface area contributed by atoms with Gasteiger partial charge in [-0.25, -0.2) is 9.78 Å². The molecule has 7 heteroatoms. The number of hydrogen-bond donors (Lipinski definition) is 0. The Morgan fingerprint density at radius 3 is 2.86 bits per heavy atom. The number of hydrogen-bond acceptors (Lipinski definition) is 6. The molecule has 0 fully saturated rings. The van der Waals surface area contributed by atoms with E-state index in [1.807, 2.05) is 6.19 Å². The quantitative estimate of drug-likeness (QED) is 0.548. The molecule has 0 unspecified atom stereocenters. The lowest BCUT2D eigenvalue weighted by atomic mass is 10.1. The molecule has 108 valence electrons. The van der Waals surface area contributed by atoms with Crippen molar-refractivity contribution in [3.63, 3.8) is 0 Å². The van der Waals surface area contributed by atoms with Gasteiger partial charge in [-0.15, -0.1) is 11.3 Å². The molecule has 2 heterocycles. The summed E-state index contributed by atoms with van der Waals surface area (Å²) in [5, 5.41) is 11.5. The maximum atomic E-state index is 12.6. The summed E-state index contributed by atoms with van der Waals surface area (Å²) in [6.07, 6.45) is 3.48. The highest BCUT2D eigenvalue weighted by molar-refractivity contribution is 7.12. The van der Waals surface area contributed by atoms with Crippen molar-refractivity contribution < 1.29 is 14.3 Å². The molecule has 6 nitrogen and oxygen atoms in total. The first-order valence-electron chi connectivity index (χ1n) is 6.24. The average molecular weight is 311 g/mol. The van der Waals surface area contributed by atoms with Crippen LogP contribution in [-0.2, 0) is 4.74 Å². The highest BCUT2D eigenvalue weighted by Gasteiger charge is 2.21. The fourth-order valence-corrected chi connectivity index (χ4v) is 2.88. The van der Waals surface area contributed by atoms with Gasteiger partial charge >= 0.3 is 5.97 Å². The van der Waals surface area contributed by atoms with Crippen LogP contribution in [0.15, 0.2) is 35.8 Å². The number of aromatic nitrogens is 2. The molecular weight excluding hydrogens is 302 g/mol. The van der Waals surface area contributed by atoms with Crippen LogP contribution >= 0.6 is 11.3 Å². The molecule has 0 saturated heterocycles. The predicted molar refractivity (Wildman–Crippen MR) is 79.8 cm³/mol. The lowest BCUT2D eigenvalue weighted by molar-refractivity contribution is 0.0595. The van der Waals surface area contributed by atoms with Crippen LogP contribution < -0.4 is 0 Å². The van der Waals surface area contributed by atoms with Gasteiger partial charge in [0.05, 0.1) is 18.2 Å². The Kier molecular flexibility index (Phi) is 3.45. The summed E-state index contributed by atoms with van der Waals surface area (Å²) in [6, 6.07) is 7.12. The van der Waals surface area contributed by atoms with Gasteiger partial charge in [0.2, 0.25) is 5.78 Å². The van der Waals surface area contributed by atoms with Gasteiger partial charge in [-0.2, -0.15) is 5.26 Å². The molecule has 0 N–H and O–H groups in total. The van der Waals surface area contributed by atoms with Crippen LogP contribution in [0.5, 0.6) is 0 Å². The third-order valence-corrected chi connectivity index (χ3v) is 4.00. The van der Waals surface area contributed by atoms with Crippen LogP contribution in [0.2, 0.25) is 0 Å². The summed E-state index contributed by atoms with van der Waals surface area (Å²) < 4.78 is 5.90. The number of rotatable bonds is 3. The van der Waals surface area contributed by atoms with Crippen molar-refractivity contribution in [1.29, 1.82) is 5.26 Å². The fraction of sp³-hybridized carbons (Fsp3) is 0.0667. The molecule has 2 aromatic heterocycles. The standard InChI is InChI=1S/C15H9N3O3S/c1-21-15(20)11-7-22-14(17-11)13(19)10-6-18(8-16)12-5-3-2-4-9(10)12/h2-7H,1H3. The van der Waals surface area contributed by atoms with E-state index in [-0.39, 0.29) is 16.5 Å². The number of nitrogens with zero attached hydrogens (tertiary/aromatic N) is 3. The number of esters is 1. The second kappa shape index (κ2) is 5.42. The molecule has 0 aliphatic rings. The Morgan fingerprint density at radius 2 is 2.14 bits per heavy atom. The second-order valence-corrected chi connectivity index (χ2v) is 5.25. The van der Waals surface area contributed by atoms with E-state index in [1.165, 1.54) is 23.3 Å². The first kappa shape index (κ1) is 14.0. The van der Waals surface area contributed by atoms with E-state index in [2.05, 4.69) is 9.72 Å². The number of thiazole rings is 1. The number of nitriles is 1. The largest absolute Gasteiger partial charge is 0.464 e. The minimum Gasteiger partial charge on any atom is -0.464 e. The van der Waals surface area contributed by atoms with Gasteiger partial charge in [-0.05, 0) is 6.07 Å². The molecule has 0 aliphatic heterocycles. The summed E-state index contributed by atoms with van der Waals surface area (Å²) in [5.41, 5.74) is 1.13. The van der Waals surface area contributed by atoms with E-state index in [0.717, 1.165) is 11.3 Å². The van der Waals surface area contributed by atoms with E-state index >= 15 is 0 Å². The van der Waals surface area contributed by atoms with E-state index in [4.69, 9.17) is 5.26 Å². The number of carbonyl (C=O) groups is 2. The summed E-state index contributed by atoms with van der Waals surface area (Å²) in [7, 11) is 1.25. The lowest BCUT2D eigenvalue weighted by Crippen LogP contribution is -2.04. The molecular formula is C15H9N3O3S. The van der Waals surface area contributed by atoms with Crippen molar-refractivity contribution >= 4 is 34.0 Å². The van der Waals surface area contributed by atoms with Gasteiger partial charge in [0, 0.05) is 17.0 Å². The van der Waals surface area contributed by atoms with Crippen molar-refractivity contribution in [2.24, 2.45) is 0 Å². The molecule has 0 radical (unpaired) electrons. The van der Waals surface area contributed by atoms with Crippen LogP contribution in [0, 0.1) is 11.5 Å². The van der Waals surface area contributed by atoms with E-state index in [9.17, 15) is 9.59 Å². The molecule has 0 bridgehead atoms. The Balaban J connectivity index is 2.08. The maximum Gasteiger partial charge on any atom is 0.357 e. The predicted octanol–water partition coefficient (Wildman–Crippen LogP) is 2.44. The van der Waals surface area contributed by atoms with Crippen molar-refractivity contribution in [3.05, 3.63) is 52.1 Å². The number of ketones is 1. The maximum absolute atomic E-state index is 12.6. The number of carbonyl (C=O) groups excluding carboxylic acids is 2. The van der Waals surface area contributed by atoms with Crippen LogP contribution in [0.3, 0.4) is 0 Å². The molecule has 22 heavy (non-hydrogen) atoms. The van der Waals surface area contributed by atoms with Crippen molar-refractivity contribution in [3.8, 4) is 6.19 Å². The SMILES string of the molecule is COC(=O)c1csc(C(=O)c2cn(C#N)c3ccccc23)n1. The topological polar surface area (TPSA) is 85.0 Å². The van der Waals surface area contributed by atoms with Crippen LogP contribution in [0.4, 0.5) is 0 Å². The summed E-state index contributed by atoms with van der Waals surface area (Å²) in [5.74, 6) is -0.917. The molecule has 0 amide bonds. The zero-order chi connectivity index (χ0) is 15.7. The minimum absolute atomic E-state index is 0.0971. The first-order valence-corrected chi connectivity index (χ1v) is 7.12. The van der Waals surface area contributed by atoms with E-state index < -0.39 is 5.97 Å². The molecule has 1 aromatic carbocycles. The normalized spacial score (nSPS) is 10.4. The molecule has 3 rings (SSSR count). The summed E-state index contributed by atoms with van der Waals surface area (Å²) in [6.45, 7) is 0. The number of para-hydroxylation sites is 1. The Morgan fingerprint density at radius 1 is 1.36 bits per heavy atom. The molecule has 0 saturated carbocycles. The summed E-state index contributed by atoms with van der Waals surface area (Å²) >= 11 is 1.07. The van der Waals surface area contributed by atoms with Crippen molar-refractivity contribution in [1.82, 2.24) is 9.55 Å². The van der Waals surface area contributed by atoms with Gasteiger partial charge in [0.1, 0.15) is 0 Å². The monoisotopic (exact) mass is 311 g/mol. The van der Waals surface area contributed by atoms with Gasteiger partial charge < -0.3 is 4.74 Å². The van der Waals surface area contributed by atoms with Gasteiger partial charge in [0.25, 0.3) is 0 Å². The molecule has 0 aliphatic carbocycles. The number of methoxy groups -OCH3 is 1. The number of fused-ring (bicyclic) bond motifs is 1. The van der Waals surface area contributed by atoms with Crippen molar-refractivity contribution in [2.75, 3.05) is 7.11 Å². The van der Waals surface area contributed by atoms with Crippen LogP contribution in [0.25, 0.3) is 10.9 Å². The average Bonchev–Trinajstić information content (AvgIpc) is 3.18. The van der Waals surface area contributed by atoms with Crippen molar-refractivity contribution in [2.45, 2.75) is 0 Å². The summed E-state index contributed by atoms with van der Waals surface area (Å²) in [4.78, 5) is 28.0. The fourth-order valence-electron chi connectivity index (χ4n) is 2.13. The highest BCUT2D eigenvalue weighted by Crippen LogP contribution is 2.24. The highest BCUT2D eigenvalue weighted by atomic mass is 32.1. The molecule has 3 aromatic rings. The smallest absolute Gasteiger partial charge is 0.357 e.